The maximum absolute atomic E-state index is 14.7. The molecule has 0 saturated carbocycles. The lowest BCUT2D eigenvalue weighted by atomic mass is 10.0. The van der Waals surface area contributed by atoms with Crippen LogP contribution < -0.4 is 5.32 Å². The van der Waals surface area contributed by atoms with Gasteiger partial charge in [-0.25, -0.2) is 4.39 Å². The zero-order valence-electron chi connectivity index (χ0n) is 14.8. The minimum atomic E-state index is -4.42. The highest BCUT2D eigenvalue weighted by molar-refractivity contribution is 6.34. The third-order valence-electron chi connectivity index (χ3n) is 4.54. The summed E-state index contributed by atoms with van der Waals surface area (Å²) < 4.78 is 53.4. The number of anilines is 1. The summed E-state index contributed by atoms with van der Waals surface area (Å²) in [6, 6.07) is 15.8. The van der Waals surface area contributed by atoms with Gasteiger partial charge in [0.2, 0.25) is 0 Å². The van der Waals surface area contributed by atoms with E-state index in [9.17, 15) is 17.6 Å². The first-order valence-electron chi connectivity index (χ1n) is 8.66. The van der Waals surface area contributed by atoms with Crippen LogP contribution in [0.2, 0.25) is 5.02 Å². The highest BCUT2D eigenvalue weighted by Gasteiger charge is 2.30. The third kappa shape index (κ3) is 3.78. The molecule has 0 saturated heterocycles. The van der Waals surface area contributed by atoms with Crippen LogP contribution in [-0.2, 0) is 12.7 Å². The SMILES string of the molecule is Fc1c(Cl)c(-c2ccccc2)cc2c(NCc3cccc(C(F)(F)F)c3)n[nH]c12. The number of aromatic amines is 1. The minimum Gasteiger partial charge on any atom is -0.364 e. The number of hydrogen-bond acceptors (Lipinski definition) is 2. The van der Waals surface area contributed by atoms with Gasteiger partial charge in [0.25, 0.3) is 0 Å². The van der Waals surface area contributed by atoms with E-state index in [-0.39, 0.29) is 17.1 Å². The lowest BCUT2D eigenvalue weighted by Gasteiger charge is -2.10. The Morgan fingerprint density at radius 1 is 1.00 bits per heavy atom. The van der Waals surface area contributed by atoms with Crippen molar-refractivity contribution < 1.29 is 17.6 Å². The molecule has 0 radical (unpaired) electrons. The van der Waals surface area contributed by atoms with Gasteiger partial charge in [0, 0.05) is 17.5 Å². The second kappa shape index (κ2) is 7.40. The highest BCUT2D eigenvalue weighted by atomic mass is 35.5. The Bertz CT molecular complexity index is 1170. The maximum atomic E-state index is 14.7. The number of H-pyrrole nitrogens is 1. The van der Waals surface area contributed by atoms with Crippen LogP contribution in [0.1, 0.15) is 11.1 Å². The molecule has 3 nitrogen and oxygen atoms in total. The Morgan fingerprint density at radius 3 is 2.48 bits per heavy atom. The second-order valence-corrected chi connectivity index (χ2v) is 6.84. The summed E-state index contributed by atoms with van der Waals surface area (Å²) in [7, 11) is 0. The van der Waals surface area contributed by atoms with Crippen LogP contribution in [0.25, 0.3) is 22.0 Å². The van der Waals surface area contributed by atoms with Crippen molar-refractivity contribution in [3.8, 4) is 11.1 Å². The average Bonchev–Trinajstić information content (AvgIpc) is 3.12. The van der Waals surface area contributed by atoms with E-state index in [0.29, 0.717) is 22.3 Å². The summed E-state index contributed by atoms with van der Waals surface area (Å²) in [5.74, 6) is -0.312. The first-order chi connectivity index (χ1) is 13.8. The molecule has 2 N–H and O–H groups in total. The van der Waals surface area contributed by atoms with E-state index in [1.165, 1.54) is 6.07 Å². The minimum absolute atomic E-state index is 0.0308. The summed E-state index contributed by atoms with van der Waals surface area (Å²) in [5.41, 5.74) is 1.06. The van der Waals surface area contributed by atoms with Crippen LogP contribution in [0.15, 0.2) is 60.7 Å². The zero-order valence-corrected chi connectivity index (χ0v) is 15.6. The van der Waals surface area contributed by atoms with Crippen molar-refractivity contribution in [1.29, 1.82) is 0 Å². The van der Waals surface area contributed by atoms with Crippen LogP contribution in [0.5, 0.6) is 0 Å². The molecule has 0 atom stereocenters. The van der Waals surface area contributed by atoms with Gasteiger partial charge in [-0.05, 0) is 29.3 Å². The molecule has 1 aromatic heterocycles. The van der Waals surface area contributed by atoms with Crippen LogP contribution in [0.4, 0.5) is 23.4 Å². The Morgan fingerprint density at radius 2 is 1.76 bits per heavy atom. The topological polar surface area (TPSA) is 40.7 Å². The number of hydrogen-bond donors (Lipinski definition) is 2. The van der Waals surface area contributed by atoms with Gasteiger partial charge in [0.15, 0.2) is 11.6 Å². The summed E-state index contributed by atoms with van der Waals surface area (Å²) in [6.07, 6.45) is -4.42. The monoisotopic (exact) mass is 419 g/mol. The Balaban J connectivity index is 1.68. The van der Waals surface area contributed by atoms with E-state index >= 15 is 0 Å². The van der Waals surface area contributed by atoms with Crippen molar-refractivity contribution in [3.63, 3.8) is 0 Å². The van der Waals surface area contributed by atoms with Gasteiger partial charge in [-0.1, -0.05) is 54.1 Å². The van der Waals surface area contributed by atoms with Crippen LogP contribution in [0.3, 0.4) is 0 Å². The largest absolute Gasteiger partial charge is 0.416 e. The molecule has 8 heteroatoms. The number of nitrogens with zero attached hydrogens (tertiary/aromatic N) is 1. The molecule has 0 fully saturated rings. The third-order valence-corrected chi connectivity index (χ3v) is 4.91. The molecule has 1 heterocycles. The number of benzene rings is 3. The number of fused-ring (bicyclic) bond motifs is 1. The highest BCUT2D eigenvalue weighted by Crippen LogP contribution is 2.37. The van der Waals surface area contributed by atoms with E-state index < -0.39 is 17.6 Å². The number of aromatic nitrogens is 2. The van der Waals surface area contributed by atoms with E-state index in [4.69, 9.17) is 11.6 Å². The van der Waals surface area contributed by atoms with Crippen molar-refractivity contribution in [1.82, 2.24) is 10.2 Å². The molecule has 0 aliphatic carbocycles. The molecule has 29 heavy (non-hydrogen) atoms. The fourth-order valence-electron chi connectivity index (χ4n) is 3.10. The van der Waals surface area contributed by atoms with Crippen molar-refractivity contribution in [3.05, 3.63) is 82.6 Å². The molecule has 0 bridgehead atoms. The lowest BCUT2D eigenvalue weighted by molar-refractivity contribution is -0.137. The van der Waals surface area contributed by atoms with Crippen LogP contribution in [-0.4, -0.2) is 10.2 Å². The number of nitrogens with one attached hydrogen (secondary N) is 2. The molecule has 0 aliphatic rings. The van der Waals surface area contributed by atoms with E-state index in [0.717, 1.165) is 17.7 Å². The Labute approximate surface area is 168 Å². The summed E-state index contributed by atoms with van der Waals surface area (Å²) in [4.78, 5) is 0. The molecule has 0 unspecified atom stereocenters. The molecular weight excluding hydrogens is 406 g/mol. The van der Waals surface area contributed by atoms with Crippen LogP contribution >= 0.6 is 11.6 Å². The Kier molecular flexibility index (Phi) is 4.92. The quantitative estimate of drug-likeness (QED) is 0.363. The van der Waals surface area contributed by atoms with Crippen molar-refractivity contribution in [2.24, 2.45) is 0 Å². The lowest BCUT2D eigenvalue weighted by Crippen LogP contribution is -2.07. The summed E-state index contributed by atoms with van der Waals surface area (Å²) in [6.45, 7) is 0.0921. The number of halogens is 5. The molecule has 0 amide bonds. The van der Waals surface area contributed by atoms with E-state index in [1.807, 2.05) is 30.3 Å². The molecule has 3 aromatic carbocycles. The molecule has 0 spiro atoms. The first kappa shape index (κ1) is 19.3. The van der Waals surface area contributed by atoms with Crippen molar-refractivity contribution in [2.45, 2.75) is 12.7 Å². The van der Waals surface area contributed by atoms with Gasteiger partial charge >= 0.3 is 6.18 Å². The fraction of sp³-hybridized carbons (Fsp3) is 0.0952. The summed E-state index contributed by atoms with van der Waals surface area (Å²) >= 11 is 6.20. The van der Waals surface area contributed by atoms with E-state index in [1.54, 1.807) is 12.1 Å². The normalized spacial score (nSPS) is 11.8. The van der Waals surface area contributed by atoms with Gasteiger partial charge in [-0.2, -0.15) is 18.3 Å². The maximum Gasteiger partial charge on any atom is 0.416 e. The van der Waals surface area contributed by atoms with Gasteiger partial charge in [0.05, 0.1) is 10.6 Å². The zero-order chi connectivity index (χ0) is 20.6. The first-order valence-corrected chi connectivity index (χ1v) is 9.04. The van der Waals surface area contributed by atoms with Crippen molar-refractivity contribution >= 4 is 28.3 Å². The predicted octanol–water partition coefficient (Wildman–Crippen LogP) is 6.65. The molecular formula is C21H14ClF4N3. The van der Waals surface area contributed by atoms with Crippen molar-refractivity contribution in [2.75, 3.05) is 5.32 Å². The molecule has 0 aliphatic heterocycles. The summed E-state index contributed by atoms with van der Waals surface area (Å²) in [5, 5.41) is 10.1. The average molecular weight is 420 g/mol. The van der Waals surface area contributed by atoms with E-state index in [2.05, 4.69) is 15.5 Å². The second-order valence-electron chi connectivity index (χ2n) is 6.46. The fourth-order valence-corrected chi connectivity index (χ4v) is 3.36. The van der Waals surface area contributed by atoms with Gasteiger partial charge < -0.3 is 5.32 Å². The van der Waals surface area contributed by atoms with Gasteiger partial charge in [-0.3, -0.25) is 5.10 Å². The van der Waals surface area contributed by atoms with Gasteiger partial charge in [0.1, 0.15) is 5.52 Å². The smallest absolute Gasteiger partial charge is 0.364 e. The number of rotatable bonds is 4. The standard InChI is InChI=1S/C21H14ClF4N3/c22-17-15(13-6-2-1-3-7-13)10-16-19(18(17)23)28-29-20(16)27-11-12-5-4-8-14(9-12)21(24,25)26/h1-10H,11H2,(H2,27,28,29). The molecule has 4 aromatic rings. The predicted molar refractivity (Wildman–Crippen MR) is 105 cm³/mol. The molecule has 4 rings (SSSR count). The molecule has 148 valence electrons. The van der Waals surface area contributed by atoms with Gasteiger partial charge in [-0.15, -0.1) is 0 Å². The van der Waals surface area contributed by atoms with Crippen LogP contribution in [0, 0.1) is 5.82 Å². The Hall–Kier alpha value is -3.06. The number of alkyl halides is 3.